The minimum atomic E-state index is -0.458. The van der Waals surface area contributed by atoms with Crippen LogP contribution in [-0.4, -0.2) is 31.5 Å². The molecule has 0 spiro atoms. The lowest BCUT2D eigenvalue weighted by molar-refractivity contribution is 0.143. The first-order valence-corrected chi connectivity index (χ1v) is 9.62. The standard InChI is InChI=1S/C24H23NO4/c1-28-17-11-10-16(23(26)14-17)12-13-25-24(27)29-15-22-20-8-4-2-6-18(20)19-7-3-5-9-21(19)22/h2-11,14,22,26H,12-13,15H2,1H3,(H,25,27). The highest BCUT2D eigenvalue weighted by molar-refractivity contribution is 5.79. The number of amides is 1. The van der Waals surface area contributed by atoms with E-state index in [9.17, 15) is 9.90 Å². The van der Waals surface area contributed by atoms with E-state index in [2.05, 4.69) is 29.6 Å². The van der Waals surface area contributed by atoms with Gasteiger partial charge in [-0.2, -0.15) is 0 Å². The van der Waals surface area contributed by atoms with Gasteiger partial charge in [-0.3, -0.25) is 0 Å². The molecule has 1 amide bonds. The van der Waals surface area contributed by atoms with Gasteiger partial charge in [-0.25, -0.2) is 4.79 Å². The van der Waals surface area contributed by atoms with Crippen molar-refractivity contribution in [3.8, 4) is 22.6 Å². The number of phenols is 1. The minimum absolute atomic E-state index is 0.0405. The van der Waals surface area contributed by atoms with Gasteiger partial charge in [0.05, 0.1) is 7.11 Å². The molecule has 2 N–H and O–H groups in total. The second-order valence-electron chi connectivity index (χ2n) is 7.00. The molecule has 1 aliphatic rings. The number of benzene rings is 3. The van der Waals surface area contributed by atoms with Crippen LogP contribution < -0.4 is 10.1 Å². The number of carbonyl (C=O) groups is 1. The molecule has 0 unspecified atom stereocenters. The number of ether oxygens (including phenoxy) is 2. The summed E-state index contributed by atoms with van der Waals surface area (Å²) in [6.07, 6.45) is 0.0416. The zero-order valence-corrected chi connectivity index (χ0v) is 16.2. The first-order valence-electron chi connectivity index (χ1n) is 9.62. The van der Waals surface area contributed by atoms with Crippen LogP contribution >= 0.6 is 0 Å². The van der Waals surface area contributed by atoms with Crippen LogP contribution in [0.3, 0.4) is 0 Å². The molecule has 4 rings (SSSR count). The maximum absolute atomic E-state index is 12.2. The van der Waals surface area contributed by atoms with Crippen molar-refractivity contribution in [3.63, 3.8) is 0 Å². The van der Waals surface area contributed by atoms with E-state index in [-0.39, 0.29) is 18.3 Å². The molecule has 5 heteroatoms. The Balaban J connectivity index is 1.33. The number of rotatable bonds is 6. The van der Waals surface area contributed by atoms with E-state index < -0.39 is 6.09 Å². The van der Waals surface area contributed by atoms with Crippen LogP contribution in [0.25, 0.3) is 11.1 Å². The molecule has 1 aliphatic carbocycles. The fraction of sp³-hybridized carbons (Fsp3) is 0.208. The molecule has 0 heterocycles. The SMILES string of the molecule is COc1ccc(CCNC(=O)OCC2c3ccccc3-c3ccccc32)c(O)c1. The molecular weight excluding hydrogens is 366 g/mol. The lowest BCUT2D eigenvalue weighted by Gasteiger charge is -2.14. The fourth-order valence-electron chi connectivity index (χ4n) is 3.83. The highest BCUT2D eigenvalue weighted by Gasteiger charge is 2.28. The highest BCUT2D eigenvalue weighted by Crippen LogP contribution is 2.44. The van der Waals surface area contributed by atoms with Gasteiger partial charge in [0.25, 0.3) is 0 Å². The molecule has 3 aromatic carbocycles. The third-order valence-corrected chi connectivity index (χ3v) is 5.30. The van der Waals surface area contributed by atoms with Crippen molar-refractivity contribution in [3.05, 3.63) is 83.4 Å². The second-order valence-corrected chi connectivity index (χ2v) is 7.00. The number of fused-ring (bicyclic) bond motifs is 3. The first-order chi connectivity index (χ1) is 14.2. The predicted octanol–water partition coefficient (Wildman–Crippen LogP) is 4.48. The molecular formula is C24H23NO4. The number of methoxy groups -OCH3 is 1. The molecule has 0 atom stereocenters. The average Bonchev–Trinajstić information content (AvgIpc) is 3.07. The number of hydrogen-bond acceptors (Lipinski definition) is 4. The van der Waals surface area contributed by atoms with Crippen molar-refractivity contribution in [2.75, 3.05) is 20.3 Å². The molecule has 148 valence electrons. The first kappa shape index (κ1) is 18.9. The number of hydrogen-bond donors (Lipinski definition) is 2. The van der Waals surface area contributed by atoms with Gasteiger partial charge in [-0.15, -0.1) is 0 Å². The van der Waals surface area contributed by atoms with Crippen LogP contribution in [0.5, 0.6) is 11.5 Å². The number of aromatic hydroxyl groups is 1. The Morgan fingerprint density at radius 1 is 1.00 bits per heavy atom. The van der Waals surface area contributed by atoms with Gasteiger partial charge in [0, 0.05) is 18.5 Å². The number of nitrogens with one attached hydrogen (secondary N) is 1. The smallest absolute Gasteiger partial charge is 0.407 e. The van der Waals surface area contributed by atoms with E-state index in [0.29, 0.717) is 18.7 Å². The van der Waals surface area contributed by atoms with E-state index in [0.717, 1.165) is 5.56 Å². The van der Waals surface area contributed by atoms with Crippen molar-refractivity contribution in [2.45, 2.75) is 12.3 Å². The van der Waals surface area contributed by atoms with Crippen LogP contribution in [0.2, 0.25) is 0 Å². The average molecular weight is 389 g/mol. The van der Waals surface area contributed by atoms with Crippen molar-refractivity contribution in [2.24, 2.45) is 0 Å². The van der Waals surface area contributed by atoms with Crippen LogP contribution in [0.4, 0.5) is 4.79 Å². The van der Waals surface area contributed by atoms with Gasteiger partial charge in [-0.05, 0) is 40.3 Å². The topological polar surface area (TPSA) is 67.8 Å². The summed E-state index contributed by atoms with van der Waals surface area (Å²) in [5, 5.41) is 12.8. The Hall–Kier alpha value is -3.47. The van der Waals surface area contributed by atoms with Gasteiger partial charge < -0.3 is 19.9 Å². The summed E-state index contributed by atoms with van der Waals surface area (Å²) in [6.45, 7) is 0.657. The number of alkyl carbamates (subject to hydrolysis) is 1. The Labute approximate surface area is 169 Å². The van der Waals surface area contributed by atoms with Crippen molar-refractivity contribution < 1.29 is 19.4 Å². The van der Waals surface area contributed by atoms with E-state index in [4.69, 9.17) is 9.47 Å². The molecule has 0 radical (unpaired) electrons. The summed E-state index contributed by atoms with van der Waals surface area (Å²) in [7, 11) is 1.55. The van der Waals surface area contributed by atoms with Crippen molar-refractivity contribution in [1.82, 2.24) is 5.32 Å². The largest absolute Gasteiger partial charge is 0.508 e. The third kappa shape index (κ3) is 3.90. The lowest BCUT2D eigenvalue weighted by atomic mass is 9.98. The zero-order valence-electron chi connectivity index (χ0n) is 16.2. The van der Waals surface area contributed by atoms with Gasteiger partial charge in [0.15, 0.2) is 0 Å². The quantitative estimate of drug-likeness (QED) is 0.652. The van der Waals surface area contributed by atoms with Gasteiger partial charge in [0.2, 0.25) is 0 Å². The van der Waals surface area contributed by atoms with Gasteiger partial charge >= 0.3 is 6.09 Å². The minimum Gasteiger partial charge on any atom is -0.508 e. The van der Waals surface area contributed by atoms with E-state index in [1.54, 1.807) is 25.3 Å². The Kier molecular flexibility index (Phi) is 5.38. The Bertz CT molecular complexity index is 985. The third-order valence-electron chi connectivity index (χ3n) is 5.30. The fourth-order valence-corrected chi connectivity index (χ4v) is 3.83. The highest BCUT2D eigenvalue weighted by atomic mass is 16.5. The zero-order chi connectivity index (χ0) is 20.2. The van der Waals surface area contributed by atoms with Crippen LogP contribution in [0.1, 0.15) is 22.6 Å². The monoisotopic (exact) mass is 389 g/mol. The summed E-state index contributed by atoms with van der Waals surface area (Å²) in [5.41, 5.74) is 5.51. The van der Waals surface area contributed by atoms with Crippen molar-refractivity contribution >= 4 is 6.09 Å². The number of carbonyl (C=O) groups excluding carboxylic acids is 1. The summed E-state index contributed by atoms with van der Waals surface area (Å²) >= 11 is 0. The number of phenolic OH excluding ortho intramolecular Hbond substituents is 1. The molecule has 0 bridgehead atoms. The van der Waals surface area contributed by atoms with Crippen LogP contribution in [0.15, 0.2) is 66.7 Å². The van der Waals surface area contributed by atoms with Gasteiger partial charge in [0.1, 0.15) is 18.1 Å². The van der Waals surface area contributed by atoms with E-state index in [1.165, 1.54) is 22.3 Å². The van der Waals surface area contributed by atoms with Crippen LogP contribution in [-0.2, 0) is 11.2 Å². The maximum atomic E-state index is 12.2. The second kappa shape index (κ2) is 8.27. The van der Waals surface area contributed by atoms with Crippen LogP contribution in [0, 0.1) is 0 Å². The van der Waals surface area contributed by atoms with Crippen molar-refractivity contribution in [1.29, 1.82) is 0 Å². The van der Waals surface area contributed by atoms with E-state index >= 15 is 0 Å². The summed E-state index contributed by atoms with van der Waals surface area (Å²) in [5.74, 6) is 0.785. The summed E-state index contributed by atoms with van der Waals surface area (Å²) in [4.78, 5) is 12.2. The molecule has 0 aliphatic heterocycles. The molecule has 0 aromatic heterocycles. The Morgan fingerprint density at radius 3 is 2.28 bits per heavy atom. The molecule has 0 saturated heterocycles. The Morgan fingerprint density at radius 2 is 1.66 bits per heavy atom. The maximum Gasteiger partial charge on any atom is 0.407 e. The summed E-state index contributed by atoms with van der Waals surface area (Å²) < 4.78 is 10.6. The molecule has 0 saturated carbocycles. The molecule has 29 heavy (non-hydrogen) atoms. The van der Waals surface area contributed by atoms with Gasteiger partial charge in [-0.1, -0.05) is 54.6 Å². The van der Waals surface area contributed by atoms with E-state index in [1.807, 2.05) is 24.3 Å². The lowest BCUT2D eigenvalue weighted by Crippen LogP contribution is -2.28. The molecule has 0 fully saturated rings. The molecule has 5 nitrogen and oxygen atoms in total. The summed E-state index contributed by atoms with van der Waals surface area (Å²) in [6, 6.07) is 21.6. The normalized spacial score (nSPS) is 12.2. The molecule has 3 aromatic rings. The predicted molar refractivity (Wildman–Crippen MR) is 111 cm³/mol.